The largest absolute Gasteiger partial charge is 0.362 e. The molecule has 0 fully saturated rings. The molecule has 2 aromatic rings. The minimum atomic E-state index is 0.573. The van der Waals surface area contributed by atoms with E-state index in [4.69, 9.17) is 12.2 Å². The van der Waals surface area contributed by atoms with Crippen LogP contribution in [-0.2, 0) is 6.42 Å². The van der Waals surface area contributed by atoms with Crippen molar-refractivity contribution in [2.75, 3.05) is 11.9 Å². The maximum absolute atomic E-state index is 5.41. The van der Waals surface area contributed by atoms with Crippen molar-refractivity contribution in [2.45, 2.75) is 26.7 Å². The summed E-state index contributed by atoms with van der Waals surface area (Å²) in [6.07, 6.45) is 2.20. The number of thiocarbonyl (C=S) groups is 1. The van der Waals surface area contributed by atoms with E-state index in [2.05, 4.69) is 76.8 Å². The molecule has 0 heterocycles. The lowest BCUT2D eigenvalue weighted by Gasteiger charge is -2.18. The van der Waals surface area contributed by atoms with E-state index in [0.29, 0.717) is 11.0 Å². The van der Waals surface area contributed by atoms with Gasteiger partial charge in [-0.05, 0) is 60.8 Å². The second kappa shape index (κ2) is 9.04. The van der Waals surface area contributed by atoms with Crippen LogP contribution in [0.15, 0.2) is 53.0 Å². The molecule has 23 heavy (non-hydrogen) atoms. The maximum atomic E-state index is 5.41. The van der Waals surface area contributed by atoms with Gasteiger partial charge in [-0.25, -0.2) is 0 Å². The van der Waals surface area contributed by atoms with Gasteiger partial charge in [-0.1, -0.05) is 59.6 Å². The third kappa shape index (κ3) is 5.96. The molecule has 0 saturated heterocycles. The molecule has 2 rings (SSSR count). The quantitative estimate of drug-likeness (QED) is 0.653. The Morgan fingerprint density at radius 2 is 1.91 bits per heavy atom. The Bertz CT molecular complexity index is 643. The Labute approximate surface area is 152 Å². The van der Waals surface area contributed by atoms with Crippen LogP contribution in [0.25, 0.3) is 0 Å². The van der Waals surface area contributed by atoms with Gasteiger partial charge in [0.25, 0.3) is 0 Å². The minimum Gasteiger partial charge on any atom is -0.362 e. The molecule has 122 valence electrons. The lowest BCUT2D eigenvalue weighted by atomic mass is 9.97. The van der Waals surface area contributed by atoms with E-state index in [-0.39, 0.29) is 0 Å². The zero-order chi connectivity index (χ0) is 16.7. The molecule has 0 radical (unpaired) electrons. The Morgan fingerprint density at radius 3 is 2.57 bits per heavy atom. The Hall–Kier alpha value is -1.39. The number of rotatable bonds is 6. The van der Waals surface area contributed by atoms with Crippen molar-refractivity contribution < 1.29 is 0 Å². The monoisotopic (exact) mass is 390 g/mol. The molecule has 4 heteroatoms. The number of benzene rings is 2. The smallest absolute Gasteiger partial charge is 0.170 e. The van der Waals surface area contributed by atoms with Crippen molar-refractivity contribution in [3.8, 4) is 0 Å². The standard InChI is InChI=1S/C19H23BrN2S/c1-3-15(12-16-7-5-4-6-8-16)13-21-19(23)22-17-9-10-18(20)14(2)11-17/h4-11,15H,3,12-13H2,1-2H3,(H2,21,22,23). The zero-order valence-corrected chi connectivity index (χ0v) is 16.0. The minimum absolute atomic E-state index is 0.573. The van der Waals surface area contributed by atoms with Crippen molar-refractivity contribution in [3.05, 3.63) is 64.1 Å². The van der Waals surface area contributed by atoms with Gasteiger partial charge < -0.3 is 10.6 Å². The van der Waals surface area contributed by atoms with E-state index in [1.165, 1.54) is 11.1 Å². The van der Waals surface area contributed by atoms with Crippen molar-refractivity contribution in [1.29, 1.82) is 0 Å². The molecular formula is C19H23BrN2S. The number of halogens is 1. The van der Waals surface area contributed by atoms with Gasteiger partial charge >= 0.3 is 0 Å². The molecule has 0 aliphatic heterocycles. The highest BCUT2D eigenvalue weighted by Gasteiger charge is 2.08. The summed E-state index contributed by atoms with van der Waals surface area (Å²) in [7, 11) is 0. The van der Waals surface area contributed by atoms with E-state index in [1.54, 1.807) is 0 Å². The predicted molar refractivity (Wildman–Crippen MR) is 107 cm³/mol. The van der Waals surface area contributed by atoms with Gasteiger partial charge in [0.15, 0.2) is 5.11 Å². The van der Waals surface area contributed by atoms with Gasteiger partial charge in [-0.15, -0.1) is 0 Å². The number of hydrogen-bond donors (Lipinski definition) is 2. The third-order valence-electron chi connectivity index (χ3n) is 3.91. The molecule has 2 N–H and O–H groups in total. The molecular weight excluding hydrogens is 368 g/mol. The van der Waals surface area contributed by atoms with Crippen LogP contribution in [-0.4, -0.2) is 11.7 Å². The van der Waals surface area contributed by atoms with Crippen LogP contribution < -0.4 is 10.6 Å². The van der Waals surface area contributed by atoms with Crippen molar-refractivity contribution >= 4 is 38.9 Å². The molecule has 0 aromatic heterocycles. The summed E-state index contributed by atoms with van der Waals surface area (Å²) < 4.78 is 1.11. The maximum Gasteiger partial charge on any atom is 0.170 e. The van der Waals surface area contributed by atoms with Crippen LogP contribution in [0.4, 0.5) is 5.69 Å². The summed E-state index contributed by atoms with van der Waals surface area (Å²) in [4.78, 5) is 0. The molecule has 2 aromatic carbocycles. The van der Waals surface area contributed by atoms with Gasteiger partial charge in [-0.2, -0.15) is 0 Å². The fourth-order valence-corrected chi connectivity index (χ4v) is 2.89. The Kier molecular flexibility index (Phi) is 7.06. The molecule has 0 spiro atoms. The Balaban J connectivity index is 1.83. The average molecular weight is 391 g/mol. The van der Waals surface area contributed by atoms with Crippen molar-refractivity contribution in [2.24, 2.45) is 5.92 Å². The topological polar surface area (TPSA) is 24.1 Å². The summed E-state index contributed by atoms with van der Waals surface area (Å²) >= 11 is 8.92. The number of anilines is 1. The summed E-state index contributed by atoms with van der Waals surface area (Å²) in [6, 6.07) is 16.8. The van der Waals surface area contributed by atoms with Gasteiger partial charge in [0.05, 0.1) is 0 Å². The third-order valence-corrected chi connectivity index (χ3v) is 5.05. The summed E-state index contributed by atoms with van der Waals surface area (Å²) in [5, 5.41) is 7.28. The number of nitrogens with one attached hydrogen (secondary N) is 2. The second-order valence-electron chi connectivity index (χ2n) is 5.76. The molecule has 0 aliphatic rings. The van der Waals surface area contributed by atoms with Gasteiger partial charge in [0, 0.05) is 16.7 Å². The first-order valence-electron chi connectivity index (χ1n) is 7.93. The number of hydrogen-bond acceptors (Lipinski definition) is 1. The molecule has 2 nitrogen and oxygen atoms in total. The normalized spacial score (nSPS) is 11.8. The van der Waals surface area contributed by atoms with Gasteiger partial charge in [-0.3, -0.25) is 0 Å². The van der Waals surface area contributed by atoms with Crippen LogP contribution in [0, 0.1) is 12.8 Å². The highest BCUT2D eigenvalue weighted by atomic mass is 79.9. The van der Waals surface area contributed by atoms with Crippen molar-refractivity contribution in [1.82, 2.24) is 5.32 Å². The van der Waals surface area contributed by atoms with Crippen LogP contribution >= 0.6 is 28.1 Å². The molecule has 0 bridgehead atoms. The fourth-order valence-electron chi connectivity index (χ4n) is 2.44. The Morgan fingerprint density at radius 1 is 1.17 bits per heavy atom. The van der Waals surface area contributed by atoms with E-state index < -0.39 is 0 Å². The highest BCUT2D eigenvalue weighted by Crippen LogP contribution is 2.20. The van der Waals surface area contributed by atoms with Crippen LogP contribution in [0.2, 0.25) is 0 Å². The molecule has 0 aliphatic carbocycles. The van der Waals surface area contributed by atoms with E-state index in [9.17, 15) is 0 Å². The lowest BCUT2D eigenvalue weighted by Crippen LogP contribution is -2.33. The summed E-state index contributed by atoms with van der Waals surface area (Å²) in [5.74, 6) is 0.573. The number of aryl methyl sites for hydroxylation is 1. The fraction of sp³-hybridized carbons (Fsp3) is 0.316. The predicted octanol–water partition coefficient (Wildman–Crippen LogP) is 5.31. The van der Waals surface area contributed by atoms with E-state index in [1.807, 2.05) is 12.1 Å². The first-order chi connectivity index (χ1) is 11.1. The van der Waals surface area contributed by atoms with Gasteiger partial charge in [0.2, 0.25) is 0 Å². The first-order valence-corrected chi connectivity index (χ1v) is 9.13. The van der Waals surface area contributed by atoms with Gasteiger partial charge in [0.1, 0.15) is 0 Å². The van der Waals surface area contributed by atoms with E-state index >= 15 is 0 Å². The highest BCUT2D eigenvalue weighted by molar-refractivity contribution is 9.10. The van der Waals surface area contributed by atoms with E-state index in [0.717, 1.165) is 29.5 Å². The lowest BCUT2D eigenvalue weighted by molar-refractivity contribution is 0.498. The molecule has 0 saturated carbocycles. The molecule has 0 amide bonds. The van der Waals surface area contributed by atoms with Crippen LogP contribution in [0.1, 0.15) is 24.5 Å². The SMILES string of the molecule is CCC(CNC(=S)Nc1ccc(Br)c(C)c1)Cc1ccccc1. The molecule has 1 unspecified atom stereocenters. The summed E-state index contributed by atoms with van der Waals surface area (Å²) in [6.45, 7) is 5.18. The van der Waals surface area contributed by atoms with Crippen LogP contribution in [0.3, 0.4) is 0 Å². The molecule has 1 atom stereocenters. The summed E-state index contributed by atoms with van der Waals surface area (Å²) in [5.41, 5.74) is 3.58. The second-order valence-corrected chi connectivity index (χ2v) is 7.03. The van der Waals surface area contributed by atoms with Crippen molar-refractivity contribution in [3.63, 3.8) is 0 Å². The first kappa shape index (κ1) is 18.0. The zero-order valence-electron chi connectivity index (χ0n) is 13.6. The average Bonchev–Trinajstić information content (AvgIpc) is 2.56. The van der Waals surface area contributed by atoms with Crippen LogP contribution in [0.5, 0.6) is 0 Å².